The van der Waals surface area contributed by atoms with E-state index in [0.717, 1.165) is 5.69 Å². The first-order chi connectivity index (χ1) is 9.84. The van der Waals surface area contributed by atoms with E-state index >= 15 is 0 Å². The second-order valence-electron chi connectivity index (χ2n) is 5.39. The van der Waals surface area contributed by atoms with E-state index < -0.39 is 0 Å². The maximum Gasteiger partial charge on any atom is 0.278 e. The summed E-state index contributed by atoms with van der Waals surface area (Å²) >= 11 is 0. The van der Waals surface area contributed by atoms with Crippen LogP contribution < -0.4 is 5.43 Å². The number of carbonyl (C=O) groups is 2. The number of rotatable bonds is 6. The van der Waals surface area contributed by atoms with E-state index in [1.165, 1.54) is 6.92 Å². The summed E-state index contributed by atoms with van der Waals surface area (Å²) in [5, 5.41) is 4.00. The number of benzene rings is 1. The van der Waals surface area contributed by atoms with Crippen LogP contribution in [0.2, 0.25) is 0 Å². The summed E-state index contributed by atoms with van der Waals surface area (Å²) in [6, 6.07) is 9.20. The van der Waals surface area contributed by atoms with Crippen molar-refractivity contribution in [2.75, 3.05) is 5.43 Å². The first-order valence-electron chi connectivity index (χ1n) is 7.07. The number of nitrogens with zero attached hydrogens (tertiary/aromatic N) is 2. The lowest BCUT2D eigenvalue weighted by Gasteiger charge is -2.30. The number of amides is 1. The molecule has 0 saturated heterocycles. The Labute approximate surface area is 126 Å². The maximum absolute atomic E-state index is 12.5. The smallest absolute Gasteiger partial charge is 0.278 e. The van der Waals surface area contributed by atoms with E-state index in [4.69, 9.17) is 0 Å². The Hall–Kier alpha value is -2.17. The van der Waals surface area contributed by atoms with Gasteiger partial charge in [0.25, 0.3) is 5.91 Å². The molecule has 5 heteroatoms. The number of hydrazone groups is 1. The van der Waals surface area contributed by atoms with Gasteiger partial charge in [-0.3, -0.25) is 15.0 Å². The Balaban J connectivity index is 3.00. The first-order valence-corrected chi connectivity index (χ1v) is 7.07. The predicted octanol–water partition coefficient (Wildman–Crippen LogP) is 2.69. The monoisotopic (exact) mass is 289 g/mol. The molecule has 1 aromatic carbocycles. The van der Waals surface area contributed by atoms with Gasteiger partial charge in [0.2, 0.25) is 0 Å². The van der Waals surface area contributed by atoms with E-state index in [2.05, 4.69) is 10.5 Å². The SMILES string of the molecule is CC(=O)C(=NNc1ccccc1)C(=O)N(C(C)C)C(C)C. The van der Waals surface area contributed by atoms with Crippen LogP contribution in [0, 0.1) is 0 Å². The molecule has 1 amide bonds. The number of para-hydroxylation sites is 1. The fraction of sp³-hybridized carbons (Fsp3) is 0.438. The fourth-order valence-electron chi connectivity index (χ4n) is 2.10. The van der Waals surface area contributed by atoms with Crippen molar-refractivity contribution in [3.05, 3.63) is 30.3 Å². The quantitative estimate of drug-likeness (QED) is 0.497. The molecule has 1 aromatic rings. The van der Waals surface area contributed by atoms with Gasteiger partial charge in [-0.25, -0.2) is 0 Å². The predicted molar refractivity (Wildman–Crippen MR) is 85.3 cm³/mol. The van der Waals surface area contributed by atoms with Gasteiger partial charge in [0.15, 0.2) is 11.5 Å². The first kappa shape index (κ1) is 16.9. The van der Waals surface area contributed by atoms with E-state index in [1.54, 1.807) is 4.90 Å². The zero-order valence-corrected chi connectivity index (χ0v) is 13.3. The Morgan fingerprint density at radius 3 is 2.00 bits per heavy atom. The summed E-state index contributed by atoms with van der Waals surface area (Å²) in [7, 11) is 0. The molecule has 21 heavy (non-hydrogen) atoms. The molecule has 0 saturated carbocycles. The molecule has 0 fully saturated rings. The highest BCUT2D eigenvalue weighted by atomic mass is 16.2. The van der Waals surface area contributed by atoms with Gasteiger partial charge in [-0.15, -0.1) is 0 Å². The number of anilines is 1. The minimum Gasteiger partial charge on any atom is -0.332 e. The van der Waals surface area contributed by atoms with Crippen LogP contribution in [0.1, 0.15) is 34.6 Å². The molecular weight excluding hydrogens is 266 g/mol. The number of hydrogen-bond acceptors (Lipinski definition) is 4. The summed E-state index contributed by atoms with van der Waals surface area (Å²) in [6.07, 6.45) is 0. The van der Waals surface area contributed by atoms with Crippen LogP contribution in [0.25, 0.3) is 0 Å². The number of Topliss-reactive ketones (excluding diaryl/α,β-unsaturated/α-hetero) is 1. The third-order valence-corrected chi connectivity index (χ3v) is 2.95. The van der Waals surface area contributed by atoms with Gasteiger partial charge in [-0.2, -0.15) is 5.10 Å². The molecule has 1 rings (SSSR count). The zero-order valence-electron chi connectivity index (χ0n) is 13.3. The standard InChI is InChI=1S/C16H23N3O2/c1-11(2)19(12(3)4)16(21)15(13(5)20)18-17-14-9-7-6-8-10-14/h6-12,17H,1-5H3. The third-order valence-electron chi connectivity index (χ3n) is 2.95. The summed E-state index contributed by atoms with van der Waals surface area (Å²) in [5.74, 6) is -0.703. The van der Waals surface area contributed by atoms with Crippen molar-refractivity contribution in [3.8, 4) is 0 Å². The van der Waals surface area contributed by atoms with Crippen molar-refractivity contribution in [3.63, 3.8) is 0 Å². The lowest BCUT2D eigenvalue weighted by atomic mass is 10.1. The topological polar surface area (TPSA) is 61.8 Å². The molecule has 0 atom stereocenters. The zero-order chi connectivity index (χ0) is 16.0. The molecule has 1 N–H and O–H groups in total. The van der Waals surface area contributed by atoms with Crippen molar-refractivity contribution in [1.82, 2.24) is 4.90 Å². The van der Waals surface area contributed by atoms with E-state index in [-0.39, 0.29) is 29.5 Å². The van der Waals surface area contributed by atoms with E-state index in [9.17, 15) is 9.59 Å². The molecule has 0 heterocycles. The van der Waals surface area contributed by atoms with Crippen LogP contribution in [-0.2, 0) is 9.59 Å². The number of ketones is 1. The number of hydrogen-bond donors (Lipinski definition) is 1. The number of nitrogens with one attached hydrogen (secondary N) is 1. The third kappa shape index (κ3) is 4.70. The van der Waals surface area contributed by atoms with Crippen molar-refractivity contribution in [2.45, 2.75) is 46.7 Å². The highest BCUT2D eigenvalue weighted by molar-refractivity contribution is 6.65. The highest BCUT2D eigenvalue weighted by Gasteiger charge is 2.27. The second kappa shape index (κ2) is 7.57. The Morgan fingerprint density at radius 1 is 1.05 bits per heavy atom. The van der Waals surface area contributed by atoms with Crippen LogP contribution >= 0.6 is 0 Å². The van der Waals surface area contributed by atoms with Crippen LogP contribution in [0.4, 0.5) is 5.69 Å². The normalized spacial score (nSPS) is 11.7. The van der Waals surface area contributed by atoms with Crippen molar-refractivity contribution in [2.24, 2.45) is 5.10 Å². The molecular formula is C16H23N3O2. The van der Waals surface area contributed by atoms with Crippen molar-refractivity contribution >= 4 is 23.1 Å². The van der Waals surface area contributed by atoms with E-state index in [0.29, 0.717) is 0 Å². The fourth-order valence-corrected chi connectivity index (χ4v) is 2.10. The average molecular weight is 289 g/mol. The Bertz CT molecular complexity index is 514. The van der Waals surface area contributed by atoms with Gasteiger partial charge in [-0.1, -0.05) is 18.2 Å². The molecule has 0 spiro atoms. The highest BCUT2D eigenvalue weighted by Crippen LogP contribution is 2.09. The maximum atomic E-state index is 12.5. The van der Waals surface area contributed by atoms with Crippen molar-refractivity contribution in [1.29, 1.82) is 0 Å². The molecule has 0 bridgehead atoms. The molecule has 0 aliphatic rings. The van der Waals surface area contributed by atoms with Crippen LogP contribution in [0.3, 0.4) is 0 Å². The average Bonchev–Trinajstić information content (AvgIpc) is 2.38. The molecule has 0 aliphatic carbocycles. The molecule has 114 valence electrons. The summed E-state index contributed by atoms with van der Waals surface area (Å²) in [5.41, 5.74) is 3.40. The second-order valence-corrected chi connectivity index (χ2v) is 5.39. The van der Waals surface area contributed by atoms with Gasteiger partial charge in [0.1, 0.15) is 0 Å². The lowest BCUT2D eigenvalue weighted by molar-refractivity contribution is -0.128. The van der Waals surface area contributed by atoms with Gasteiger partial charge in [0, 0.05) is 19.0 Å². The van der Waals surface area contributed by atoms with E-state index in [1.807, 2.05) is 58.0 Å². The number of carbonyl (C=O) groups excluding carboxylic acids is 2. The van der Waals surface area contributed by atoms with Crippen molar-refractivity contribution < 1.29 is 9.59 Å². The Kier molecular flexibility index (Phi) is 6.09. The largest absolute Gasteiger partial charge is 0.332 e. The molecule has 0 aromatic heterocycles. The summed E-state index contributed by atoms with van der Waals surface area (Å²) in [6.45, 7) is 9.02. The molecule has 0 radical (unpaired) electrons. The van der Waals surface area contributed by atoms with Crippen LogP contribution in [0.15, 0.2) is 35.4 Å². The van der Waals surface area contributed by atoms with Gasteiger partial charge in [0.05, 0.1) is 5.69 Å². The van der Waals surface area contributed by atoms with Gasteiger partial charge in [-0.05, 0) is 39.8 Å². The lowest BCUT2D eigenvalue weighted by Crippen LogP contribution is -2.47. The molecule has 5 nitrogen and oxygen atoms in total. The summed E-state index contributed by atoms with van der Waals surface area (Å²) in [4.78, 5) is 25.9. The summed E-state index contributed by atoms with van der Waals surface area (Å²) < 4.78 is 0. The van der Waals surface area contributed by atoms with Gasteiger partial charge >= 0.3 is 0 Å². The molecule has 0 aliphatic heterocycles. The van der Waals surface area contributed by atoms with Crippen LogP contribution in [0.5, 0.6) is 0 Å². The van der Waals surface area contributed by atoms with Crippen LogP contribution in [-0.4, -0.2) is 34.4 Å². The minimum atomic E-state index is -0.352. The molecule has 0 unspecified atom stereocenters. The van der Waals surface area contributed by atoms with Gasteiger partial charge < -0.3 is 4.90 Å². The minimum absolute atomic E-state index is 0.00113. The Morgan fingerprint density at radius 2 is 1.57 bits per heavy atom.